The molecule has 0 atom stereocenters. The minimum atomic E-state index is -0.605. The Morgan fingerprint density at radius 1 is 1.28 bits per heavy atom. The lowest BCUT2D eigenvalue weighted by Gasteiger charge is -2.16. The third kappa shape index (κ3) is 1.60. The maximum absolute atomic E-state index is 14.1. The number of nitrogens with one attached hydrogen (secondary N) is 1. The zero-order chi connectivity index (χ0) is 12.7. The monoisotopic (exact) mass is 250 g/mol. The summed E-state index contributed by atoms with van der Waals surface area (Å²) in [5.41, 5.74) is 0.313. The van der Waals surface area contributed by atoms with Crippen molar-refractivity contribution >= 4 is 0 Å². The van der Waals surface area contributed by atoms with E-state index in [1.54, 1.807) is 11.5 Å². The smallest absolute Gasteiger partial charge is 0.170 e. The lowest BCUT2D eigenvalue weighted by molar-refractivity contribution is 0.505. The molecule has 0 unspecified atom stereocenters. The minimum Gasteiger partial charge on any atom is -0.308 e. The van der Waals surface area contributed by atoms with E-state index in [1.807, 2.05) is 0 Å². The topological polar surface area (TPSA) is 42.7 Å². The Morgan fingerprint density at radius 3 is 2.94 bits per heavy atom. The molecule has 0 radical (unpaired) electrons. The Morgan fingerprint density at radius 2 is 2.11 bits per heavy atom. The number of hydrogen-bond donors (Lipinski definition) is 1. The van der Waals surface area contributed by atoms with Gasteiger partial charge in [0, 0.05) is 13.1 Å². The number of aryl methyl sites for hydroxylation is 1. The van der Waals surface area contributed by atoms with Crippen molar-refractivity contribution < 1.29 is 8.78 Å². The van der Waals surface area contributed by atoms with Crippen molar-refractivity contribution in [1.82, 2.24) is 20.1 Å². The first kappa shape index (κ1) is 11.3. The molecule has 1 aliphatic rings. The van der Waals surface area contributed by atoms with E-state index in [9.17, 15) is 8.78 Å². The largest absolute Gasteiger partial charge is 0.308 e. The highest BCUT2D eigenvalue weighted by atomic mass is 19.1. The van der Waals surface area contributed by atoms with Crippen molar-refractivity contribution in [3.63, 3.8) is 0 Å². The van der Waals surface area contributed by atoms with E-state index >= 15 is 0 Å². The summed E-state index contributed by atoms with van der Waals surface area (Å²) in [6.45, 7) is 3.53. The second-order valence-electron chi connectivity index (χ2n) is 4.32. The van der Waals surface area contributed by atoms with Gasteiger partial charge in [0.2, 0.25) is 0 Å². The van der Waals surface area contributed by atoms with Crippen LogP contribution in [0, 0.1) is 18.6 Å². The molecule has 6 heteroatoms. The molecule has 2 aromatic rings. The van der Waals surface area contributed by atoms with Crippen molar-refractivity contribution in [1.29, 1.82) is 0 Å². The van der Waals surface area contributed by atoms with Crippen molar-refractivity contribution in [2.75, 3.05) is 6.54 Å². The minimum absolute atomic E-state index is 0.0874. The number of halogens is 2. The standard InChI is InChI=1S/C12H12F2N4/c1-7-2-3-8(13)10(11(7)14)12-17-16-9-6-15-4-5-18(9)12/h2-3,15H,4-6H2,1H3. The molecule has 18 heavy (non-hydrogen) atoms. The molecule has 0 amide bonds. The molecule has 1 N–H and O–H groups in total. The predicted octanol–water partition coefficient (Wildman–Crippen LogP) is 1.63. The Hall–Kier alpha value is -1.82. The van der Waals surface area contributed by atoms with Crippen LogP contribution in [-0.2, 0) is 13.1 Å². The third-order valence-corrected chi connectivity index (χ3v) is 3.13. The number of rotatable bonds is 1. The van der Waals surface area contributed by atoms with Gasteiger partial charge in [-0.15, -0.1) is 10.2 Å². The summed E-state index contributed by atoms with van der Waals surface area (Å²) in [5, 5.41) is 11.0. The van der Waals surface area contributed by atoms with Gasteiger partial charge in [0.1, 0.15) is 17.5 Å². The normalized spacial score (nSPS) is 14.6. The highest BCUT2D eigenvalue weighted by Crippen LogP contribution is 2.27. The van der Waals surface area contributed by atoms with Crippen molar-refractivity contribution in [2.24, 2.45) is 0 Å². The molecular weight excluding hydrogens is 238 g/mol. The van der Waals surface area contributed by atoms with Crippen molar-refractivity contribution in [2.45, 2.75) is 20.0 Å². The van der Waals surface area contributed by atoms with E-state index in [-0.39, 0.29) is 11.4 Å². The first-order valence-electron chi connectivity index (χ1n) is 5.76. The predicted molar refractivity (Wildman–Crippen MR) is 61.8 cm³/mol. The second-order valence-corrected chi connectivity index (χ2v) is 4.32. The summed E-state index contributed by atoms with van der Waals surface area (Å²) in [6.07, 6.45) is 0. The van der Waals surface area contributed by atoms with Gasteiger partial charge in [-0.3, -0.25) is 0 Å². The van der Waals surface area contributed by atoms with Crippen molar-refractivity contribution in [3.05, 3.63) is 35.2 Å². The van der Waals surface area contributed by atoms with Gasteiger partial charge >= 0.3 is 0 Å². The summed E-state index contributed by atoms with van der Waals surface area (Å²) < 4.78 is 29.6. The number of nitrogens with zero attached hydrogens (tertiary/aromatic N) is 3. The van der Waals surface area contributed by atoms with Crippen LogP contribution in [0.25, 0.3) is 11.4 Å². The first-order valence-corrected chi connectivity index (χ1v) is 5.76. The first-order chi connectivity index (χ1) is 8.68. The van der Waals surface area contributed by atoms with Crippen LogP contribution in [0.3, 0.4) is 0 Å². The van der Waals surface area contributed by atoms with Crippen LogP contribution < -0.4 is 5.32 Å². The molecule has 0 fully saturated rings. The molecule has 0 bridgehead atoms. The quantitative estimate of drug-likeness (QED) is 0.836. The Balaban J connectivity index is 2.21. The van der Waals surface area contributed by atoms with Gasteiger partial charge in [-0.25, -0.2) is 8.78 Å². The summed E-state index contributed by atoms with van der Waals surface area (Å²) in [6, 6.07) is 2.68. The van der Waals surface area contributed by atoms with Gasteiger partial charge in [-0.2, -0.15) is 0 Å². The maximum atomic E-state index is 14.1. The molecule has 1 aliphatic heterocycles. The molecule has 2 heterocycles. The van der Waals surface area contributed by atoms with Crippen molar-refractivity contribution in [3.8, 4) is 11.4 Å². The third-order valence-electron chi connectivity index (χ3n) is 3.13. The summed E-state index contributed by atoms with van der Waals surface area (Å²) in [7, 11) is 0. The van der Waals surface area contributed by atoms with Gasteiger partial charge in [-0.1, -0.05) is 6.07 Å². The average molecular weight is 250 g/mol. The van der Waals surface area contributed by atoms with Crippen LogP contribution in [-0.4, -0.2) is 21.3 Å². The number of hydrogen-bond acceptors (Lipinski definition) is 3. The van der Waals surface area contributed by atoms with Gasteiger partial charge in [0.15, 0.2) is 5.82 Å². The highest BCUT2D eigenvalue weighted by molar-refractivity contribution is 5.59. The maximum Gasteiger partial charge on any atom is 0.170 e. The summed E-state index contributed by atoms with van der Waals surface area (Å²) in [4.78, 5) is 0. The van der Waals surface area contributed by atoms with E-state index in [1.165, 1.54) is 12.1 Å². The van der Waals surface area contributed by atoms with Gasteiger partial charge in [0.05, 0.1) is 12.1 Å². The summed E-state index contributed by atoms with van der Waals surface area (Å²) in [5.74, 6) is -0.197. The summed E-state index contributed by atoms with van der Waals surface area (Å²) >= 11 is 0. The van der Waals surface area contributed by atoms with Gasteiger partial charge in [-0.05, 0) is 18.6 Å². The SMILES string of the molecule is Cc1ccc(F)c(-c2nnc3n2CCNC3)c1F. The zero-order valence-corrected chi connectivity index (χ0v) is 9.87. The average Bonchev–Trinajstić information content (AvgIpc) is 2.79. The van der Waals surface area contributed by atoms with Crippen LogP contribution >= 0.6 is 0 Å². The van der Waals surface area contributed by atoms with Crippen LogP contribution in [0.4, 0.5) is 8.78 Å². The molecule has 4 nitrogen and oxygen atoms in total. The van der Waals surface area contributed by atoms with E-state index in [4.69, 9.17) is 0 Å². The molecular formula is C12H12F2N4. The van der Waals surface area contributed by atoms with Crippen LogP contribution in [0.1, 0.15) is 11.4 Å². The lowest BCUT2D eigenvalue weighted by atomic mass is 10.1. The second kappa shape index (κ2) is 4.13. The molecule has 0 saturated heterocycles. The molecule has 94 valence electrons. The Bertz CT molecular complexity index is 606. The Kier molecular flexibility index (Phi) is 2.59. The van der Waals surface area contributed by atoms with Gasteiger partial charge < -0.3 is 9.88 Å². The number of benzene rings is 1. The number of aromatic nitrogens is 3. The fourth-order valence-electron chi connectivity index (χ4n) is 2.14. The molecule has 1 aromatic heterocycles. The van der Waals surface area contributed by atoms with Gasteiger partial charge in [0.25, 0.3) is 0 Å². The molecule has 1 aromatic carbocycles. The number of fused-ring (bicyclic) bond motifs is 1. The van der Waals surface area contributed by atoms with E-state index in [2.05, 4.69) is 15.5 Å². The molecule has 0 aliphatic carbocycles. The highest BCUT2D eigenvalue weighted by Gasteiger charge is 2.22. The zero-order valence-electron chi connectivity index (χ0n) is 9.87. The van der Waals surface area contributed by atoms with E-state index in [0.717, 1.165) is 6.54 Å². The lowest BCUT2D eigenvalue weighted by Crippen LogP contribution is -2.28. The Labute approximate surface area is 103 Å². The van der Waals surface area contributed by atoms with E-state index < -0.39 is 11.6 Å². The van der Waals surface area contributed by atoms with E-state index in [0.29, 0.717) is 24.5 Å². The molecule has 3 rings (SSSR count). The van der Waals surface area contributed by atoms with Crippen LogP contribution in [0.15, 0.2) is 12.1 Å². The van der Waals surface area contributed by atoms with Crippen LogP contribution in [0.5, 0.6) is 0 Å². The molecule has 0 spiro atoms. The van der Waals surface area contributed by atoms with Crippen LogP contribution in [0.2, 0.25) is 0 Å². The fourth-order valence-corrected chi connectivity index (χ4v) is 2.14. The molecule has 0 saturated carbocycles. The fraction of sp³-hybridized carbons (Fsp3) is 0.333.